The minimum absolute atomic E-state index is 0.00645. The van der Waals surface area contributed by atoms with E-state index in [9.17, 15) is 18.0 Å². The topological polar surface area (TPSA) is 90.0 Å². The summed E-state index contributed by atoms with van der Waals surface area (Å²) in [5.74, 6) is -0.148. The summed E-state index contributed by atoms with van der Waals surface area (Å²) in [5.41, 5.74) is 0.190. The van der Waals surface area contributed by atoms with Gasteiger partial charge < -0.3 is 5.32 Å². The number of hydrogen-bond acceptors (Lipinski definition) is 5. The van der Waals surface area contributed by atoms with E-state index >= 15 is 0 Å². The Morgan fingerprint density at radius 1 is 1.26 bits per heavy atom. The molecule has 3 aromatic rings. The molecular formula is C16H16F3N7O. The predicted octanol–water partition coefficient (Wildman–Crippen LogP) is 1.65. The molecule has 0 bridgehead atoms. The van der Waals surface area contributed by atoms with Gasteiger partial charge in [0.1, 0.15) is 0 Å². The number of aromatic nitrogens is 6. The molecule has 0 unspecified atom stereocenters. The molecule has 1 aliphatic carbocycles. The van der Waals surface area contributed by atoms with Crippen LogP contribution >= 0.6 is 0 Å². The van der Waals surface area contributed by atoms with Crippen molar-refractivity contribution in [2.24, 2.45) is 0 Å². The standard InChI is InChI=1S/C16H16F3N7O/c17-16(18,19)12-10-4-1-5-11(10)25(23-12)8-2-6-20-14(27)13-22-15-21-7-3-9-26(15)24-13/h3,7,9H,1-2,4-6,8H2,(H,20,27). The van der Waals surface area contributed by atoms with Gasteiger partial charge in [0.2, 0.25) is 5.82 Å². The molecule has 0 fully saturated rings. The summed E-state index contributed by atoms with van der Waals surface area (Å²) in [6.45, 7) is 0.580. The summed E-state index contributed by atoms with van der Waals surface area (Å²) in [6, 6.07) is 1.67. The molecule has 3 aromatic heterocycles. The van der Waals surface area contributed by atoms with Gasteiger partial charge in [-0.3, -0.25) is 9.48 Å². The molecule has 0 spiro atoms. The summed E-state index contributed by atoms with van der Waals surface area (Å²) in [7, 11) is 0. The fourth-order valence-corrected chi connectivity index (χ4v) is 3.26. The number of halogens is 3. The van der Waals surface area contributed by atoms with Gasteiger partial charge in [-0.25, -0.2) is 9.50 Å². The van der Waals surface area contributed by atoms with Crippen LogP contribution in [0.1, 0.15) is 40.4 Å². The number of carbonyl (C=O) groups excluding carboxylic acids is 1. The van der Waals surface area contributed by atoms with Crippen molar-refractivity contribution in [1.82, 2.24) is 34.7 Å². The van der Waals surface area contributed by atoms with Crippen LogP contribution in [0.4, 0.5) is 13.2 Å². The van der Waals surface area contributed by atoms with Gasteiger partial charge in [-0.05, 0) is 31.7 Å². The summed E-state index contributed by atoms with van der Waals surface area (Å²) >= 11 is 0. The lowest BCUT2D eigenvalue weighted by atomic mass is 10.2. The number of fused-ring (bicyclic) bond motifs is 2. The van der Waals surface area contributed by atoms with Gasteiger partial charge in [-0.1, -0.05) is 0 Å². The first-order valence-electron chi connectivity index (χ1n) is 8.55. The number of carbonyl (C=O) groups is 1. The van der Waals surface area contributed by atoms with E-state index in [-0.39, 0.29) is 12.4 Å². The first-order chi connectivity index (χ1) is 12.9. The molecule has 3 heterocycles. The van der Waals surface area contributed by atoms with Crippen LogP contribution in [0.25, 0.3) is 5.78 Å². The van der Waals surface area contributed by atoms with E-state index in [0.717, 1.165) is 0 Å². The van der Waals surface area contributed by atoms with Crippen LogP contribution in [0.3, 0.4) is 0 Å². The average molecular weight is 379 g/mol. The molecule has 27 heavy (non-hydrogen) atoms. The molecule has 0 atom stereocenters. The molecule has 8 nitrogen and oxygen atoms in total. The van der Waals surface area contributed by atoms with E-state index in [1.165, 1.54) is 9.20 Å². The highest BCUT2D eigenvalue weighted by Crippen LogP contribution is 2.36. The van der Waals surface area contributed by atoms with Gasteiger partial charge in [0.05, 0.1) is 0 Å². The molecule has 1 N–H and O–H groups in total. The van der Waals surface area contributed by atoms with E-state index in [0.29, 0.717) is 49.3 Å². The Bertz CT molecular complexity index is 959. The van der Waals surface area contributed by atoms with Crippen LogP contribution in [-0.2, 0) is 25.6 Å². The zero-order valence-corrected chi connectivity index (χ0v) is 14.2. The Labute approximate surface area is 151 Å². The van der Waals surface area contributed by atoms with Crippen LogP contribution in [0, 0.1) is 0 Å². The average Bonchev–Trinajstić information content (AvgIpc) is 3.32. The Morgan fingerprint density at radius 3 is 2.89 bits per heavy atom. The van der Waals surface area contributed by atoms with Gasteiger partial charge in [0.25, 0.3) is 11.7 Å². The molecule has 0 saturated heterocycles. The molecule has 1 amide bonds. The number of alkyl halides is 3. The largest absolute Gasteiger partial charge is 0.435 e. The number of amides is 1. The number of hydrogen-bond donors (Lipinski definition) is 1. The van der Waals surface area contributed by atoms with Crippen LogP contribution in [0.15, 0.2) is 18.5 Å². The summed E-state index contributed by atoms with van der Waals surface area (Å²) < 4.78 is 42.0. The summed E-state index contributed by atoms with van der Waals surface area (Å²) in [5, 5.41) is 10.4. The normalized spacial score (nSPS) is 13.9. The lowest BCUT2D eigenvalue weighted by Gasteiger charge is -2.06. The van der Waals surface area contributed by atoms with Crippen molar-refractivity contribution in [3.05, 3.63) is 41.2 Å². The Morgan fingerprint density at radius 2 is 2.11 bits per heavy atom. The molecule has 142 valence electrons. The van der Waals surface area contributed by atoms with E-state index in [2.05, 4.69) is 25.5 Å². The molecule has 4 rings (SSSR count). The van der Waals surface area contributed by atoms with E-state index in [1.54, 1.807) is 18.5 Å². The Kier molecular flexibility index (Phi) is 4.28. The molecule has 0 saturated carbocycles. The van der Waals surface area contributed by atoms with Crippen molar-refractivity contribution in [3.8, 4) is 0 Å². The first-order valence-corrected chi connectivity index (χ1v) is 8.55. The van der Waals surface area contributed by atoms with Crippen molar-refractivity contribution >= 4 is 11.7 Å². The lowest BCUT2D eigenvalue weighted by Crippen LogP contribution is -2.26. The second-order valence-corrected chi connectivity index (χ2v) is 6.26. The molecule has 1 aliphatic rings. The number of nitrogens with one attached hydrogen (secondary N) is 1. The van der Waals surface area contributed by atoms with E-state index in [1.807, 2.05) is 0 Å². The first kappa shape index (κ1) is 17.4. The monoisotopic (exact) mass is 379 g/mol. The van der Waals surface area contributed by atoms with E-state index < -0.39 is 17.8 Å². The highest BCUT2D eigenvalue weighted by Gasteiger charge is 2.40. The molecule has 0 aromatic carbocycles. The van der Waals surface area contributed by atoms with Crippen LogP contribution < -0.4 is 5.32 Å². The van der Waals surface area contributed by atoms with Gasteiger partial charge in [-0.2, -0.15) is 23.3 Å². The Balaban J connectivity index is 1.36. The molecule has 0 aliphatic heterocycles. The van der Waals surface area contributed by atoms with Crippen molar-refractivity contribution in [3.63, 3.8) is 0 Å². The molecular weight excluding hydrogens is 363 g/mol. The van der Waals surface area contributed by atoms with Crippen molar-refractivity contribution in [2.75, 3.05) is 6.54 Å². The third-order valence-corrected chi connectivity index (χ3v) is 4.43. The zero-order valence-electron chi connectivity index (χ0n) is 14.2. The quantitative estimate of drug-likeness (QED) is 0.681. The minimum Gasteiger partial charge on any atom is -0.349 e. The fourth-order valence-electron chi connectivity index (χ4n) is 3.26. The summed E-state index contributed by atoms with van der Waals surface area (Å²) in [6.07, 6.45) is 0.906. The van der Waals surface area contributed by atoms with Gasteiger partial charge in [-0.15, -0.1) is 5.10 Å². The fraction of sp³-hybridized carbons (Fsp3) is 0.438. The molecule has 0 radical (unpaired) electrons. The highest BCUT2D eigenvalue weighted by atomic mass is 19.4. The number of rotatable bonds is 5. The van der Waals surface area contributed by atoms with Gasteiger partial charge in [0.15, 0.2) is 5.69 Å². The van der Waals surface area contributed by atoms with Crippen LogP contribution in [-0.4, -0.2) is 41.8 Å². The third-order valence-electron chi connectivity index (χ3n) is 4.43. The number of aryl methyl sites for hydroxylation is 1. The maximum atomic E-state index is 13.1. The van der Waals surface area contributed by atoms with Crippen LogP contribution in [0.5, 0.6) is 0 Å². The minimum atomic E-state index is -4.43. The lowest BCUT2D eigenvalue weighted by molar-refractivity contribution is -0.142. The van der Waals surface area contributed by atoms with E-state index in [4.69, 9.17) is 0 Å². The maximum absolute atomic E-state index is 13.1. The molecule has 11 heteroatoms. The second-order valence-electron chi connectivity index (χ2n) is 6.26. The van der Waals surface area contributed by atoms with Gasteiger partial charge >= 0.3 is 6.18 Å². The summed E-state index contributed by atoms with van der Waals surface area (Å²) in [4.78, 5) is 20.1. The number of nitrogens with zero attached hydrogens (tertiary/aromatic N) is 6. The smallest absolute Gasteiger partial charge is 0.349 e. The maximum Gasteiger partial charge on any atom is 0.435 e. The third kappa shape index (κ3) is 3.36. The SMILES string of the molecule is O=C(NCCCn1nc(C(F)(F)F)c2c1CCC2)c1nc2ncccn2n1. The van der Waals surface area contributed by atoms with Crippen molar-refractivity contribution in [2.45, 2.75) is 38.4 Å². The second kappa shape index (κ2) is 6.63. The predicted molar refractivity (Wildman–Crippen MR) is 87.0 cm³/mol. The van der Waals surface area contributed by atoms with Crippen molar-refractivity contribution < 1.29 is 18.0 Å². The highest BCUT2D eigenvalue weighted by molar-refractivity contribution is 5.90. The van der Waals surface area contributed by atoms with Gasteiger partial charge in [0, 0.05) is 36.7 Å². The Hall–Kier alpha value is -2.98. The zero-order chi connectivity index (χ0) is 19.0. The van der Waals surface area contributed by atoms with Crippen molar-refractivity contribution in [1.29, 1.82) is 0 Å². The van der Waals surface area contributed by atoms with Crippen LogP contribution in [0.2, 0.25) is 0 Å².